The van der Waals surface area contributed by atoms with Gasteiger partial charge in [0.05, 0.1) is 6.04 Å². The second-order valence-corrected chi connectivity index (χ2v) is 5.36. The molecule has 0 bridgehead atoms. The summed E-state index contributed by atoms with van der Waals surface area (Å²) in [7, 11) is 0. The summed E-state index contributed by atoms with van der Waals surface area (Å²) >= 11 is 1.74. The van der Waals surface area contributed by atoms with Gasteiger partial charge in [-0.25, -0.2) is 4.98 Å². The third-order valence-electron chi connectivity index (χ3n) is 3.44. The Hall–Kier alpha value is -0.410. The van der Waals surface area contributed by atoms with Crippen LogP contribution in [0.5, 0.6) is 0 Å². The van der Waals surface area contributed by atoms with Crippen LogP contribution >= 0.6 is 11.3 Å². The summed E-state index contributed by atoms with van der Waals surface area (Å²) in [6.07, 6.45) is 3.20. The zero-order valence-corrected chi connectivity index (χ0v) is 9.84. The highest BCUT2D eigenvalue weighted by Crippen LogP contribution is 2.35. The van der Waals surface area contributed by atoms with E-state index in [2.05, 4.69) is 31.1 Å². The molecule has 0 radical (unpaired) electrons. The van der Waals surface area contributed by atoms with E-state index in [9.17, 15) is 0 Å². The maximum Gasteiger partial charge on any atom is 0.109 e. The van der Waals surface area contributed by atoms with Gasteiger partial charge >= 0.3 is 0 Å². The predicted molar refractivity (Wildman–Crippen MR) is 60.4 cm³/mol. The van der Waals surface area contributed by atoms with Crippen LogP contribution in [0.25, 0.3) is 0 Å². The molecular weight excluding hydrogens is 192 g/mol. The highest BCUT2D eigenvalue weighted by molar-refractivity contribution is 7.09. The maximum absolute atomic E-state index is 4.33. The van der Waals surface area contributed by atoms with E-state index in [-0.39, 0.29) is 0 Å². The first-order valence-corrected chi connectivity index (χ1v) is 6.22. The quantitative estimate of drug-likeness (QED) is 0.830. The fourth-order valence-corrected chi connectivity index (χ4v) is 2.75. The molecule has 1 aliphatic carbocycles. The first-order valence-electron chi connectivity index (χ1n) is 5.34. The largest absolute Gasteiger partial charge is 0.305 e. The van der Waals surface area contributed by atoms with Crippen molar-refractivity contribution in [3.63, 3.8) is 0 Å². The molecule has 2 nitrogen and oxygen atoms in total. The molecule has 0 aliphatic heterocycles. The summed E-state index contributed by atoms with van der Waals surface area (Å²) in [6, 6.07) is 1.11. The Kier molecular flexibility index (Phi) is 2.88. The van der Waals surface area contributed by atoms with E-state index in [0.717, 1.165) is 11.8 Å². The smallest absolute Gasteiger partial charge is 0.109 e. The molecule has 1 aliphatic rings. The molecule has 2 rings (SSSR count). The summed E-state index contributed by atoms with van der Waals surface area (Å²) in [5.74, 6) is 1.70. The van der Waals surface area contributed by atoms with Gasteiger partial charge < -0.3 is 5.32 Å². The molecule has 0 aromatic carbocycles. The Morgan fingerprint density at radius 3 is 2.86 bits per heavy atom. The van der Waals surface area contributed by atoms with Crippen LogP contribution < -0.4 is 5.32 Å². The van der Waals surface area contributed by atoms with Gasteiger partial charge in [-0.15, -0.1) is 11.3 Å². The van der Waals surface area contributed by atoms with Crippen LogP contribution in [0, 0.1) is 11.8 Å². The lowest BCUT2D eigenvalue weighted by Gasteiger charge is -2.42. The lowest BCUT2D eigenvalue weighted by atomic mass is 9.71. The standard InChI is InChI=1S/C11H18N2S/c1-7-6-10(8(7)2)13-9(3)11-12-4-5-14-11/h4-5,7-10,13H,6H2,1-3H3. The fourth-order valence-electron chi connectivity index (χ4n) is 2.09. The van der Waals surface area contributed by atoms with E-state index < -0.39 is 0 Å². The molecule has 14 heavy (non-hydrogen) atoms. The molecule has 0 amide bonds. The number of aromatic nitrogens is 1. The second kappa shape index (κ2) is 3.99. The Morgan fingerprint density at radius 2 is 2.36 bits per heavy atom. The van der Waals surface area contributed by atoms with Crippen molar-refractivity contribution in [2.24, 2.45) is 11.8 Å². The molecule has 0 saturated heterocycles. The lowest BCUT2D eigenvalue weighted by molar-refractivity contribution is 0.128. The van der Waals surface area contributed by atoms with Crippen molar-refractivity contribution in [2.45, 2.75) is 39.3 Å². The Morgan fingerprint density at radius 1 is 1.57 bits per heavy atom. The van der Waals surface area contributed by atoms with E-state index in [0.29, 0.717) is 12.1 Å². The maximum atomic E-state index is 4.33. The molecule has 1 saturated carbocycles. The van der Waals surface area contributed by atoms with Gasteiger partial charge in [-0.3, -0.25) is 0 Å². The molecule has 1 aromatic rings. The Balaban J connectivity index is 1.87. The van der Waals surface area contributed by atoms with Crippen molar-refractivity contribution >= 4 is 11.3 Å². The first-order chi connectivity index (χ1) is 6.68. The third-order valence-corrected chi connectivity index (χ3v) is 4.40. The van der Waals surface area contributed by atoms with Crippen LogP contribution in [-0.4, -0.2) is 11.0 Å². The van der Waals surface area contributed by atoms with Crippen LogP contribution in [0.4, 0.5) is 0 Å². The summed E-state index contributed by atoms with van der Waals surface area (Å²) in [4.78, 5) is 4.33. The van der Waals surface area contributed by atoms with Gasteiger partial charge in [0.2, 0.25) is 0 Å². The van der Waals surface area contributed by atoms with Crippen LogP contribution in [0.2, 0.25) is 0 Å². The lowest BCUT2D eigenvalue weighted by Crippen LogP contribution is -2.48. The number of hydrogen-bond donors (Lipinski definition) is 1. The van der Waals surface area contributed by atoms with E-state index in [1.54, 1.807) is 11.3 Å². The van der Waals surface area contributed by atoms with Crippen molar-refractivity contribution in [3.8, 4) is 0 Å². The topological polar surface area (TPSA) is 24.9 Å². The molecule has 1 heterocycles. The molecule has 0 spiro atoms. The van der Waals surface area contributed by atoms with Crippen LogP contribution in [0.15, 0.2) is 11.6 Å². The normalized spacial score (nSPS) is 33.8. The first kappa shape index (κ1) is 10.1. The highest BCUT2D eigenvalue weighted by Gasteiger charge is 2.35. The molecule has 3 heteroatoms. The zero-order valence-electron chi connectivity index (χ0n) is 9.03. The fraction of sp³-hybridized carbons (Fsp3) is 0.727. The Labute approximate surface area is 89.8 Å². The molecule has 4 atom stereocenters. The minimum Gasteiger partial charge on any atom is -0.305 e. The summed E-state index contributed by atoms with van der Waals surface area (Å²) < 4.78 is 0. The van der Waals surface area contributed by atoms with Gasteiger partial charge in [-0.2, -0.15) is 0 Å². The number of nitrogens with one attached hydrogen (secondary N) is 1. The number of rotatable bonds is 3. The molecule has 4 unspecified atom stereocenters. The van der Waals surface area contributed by atoms with Crippen LogP contribution in [0.1, 0.15) is 38.2 Å². The molecule has 1 fully saturated rings. The Bertz CT molecular complexity index is 283. The average molecular weight is 210 g/mol. The van der Waals surface area contributed by atoms with Gasteiger partial charge in [-0.05, 0) is 25.2 Å². The van der Waals surface area contributed by atoms with E-state index in [4.69, 9.17) is 0 Å². The SMILES string of the molecule is CC(NC1CC(C)C1C)c1nccs1. The van der Waals surface area contributed by atoms with Gasteiger partial charge in [0.25, 0.3) is 0 Å². The van der Waals surface area contributed by atoms with Crippen molar-refractivity contribution in [3.05, 3.63) is 16.6 Å². The van der Waals surface area contributed by atoms with Crippen LogP contribution in [0.3, 0.4) is 0 Å². The highest BCUT2D eigenvalue weighted by atomic mass is 32.1. The van der Waals surface area contributed by atoms with Gasteiger partial charge in [0, 0.05) is 17.6 Å². The van der Waals surface area contributed by atoms with E-state index in [1.807, 2.05) is 11.6 Å². The summed E-state index contributed by atoms with van der Waals surface area (Å²) in [5, 5.41) is 6.89. The van der Waals surface area contributed by atoms with Crippen molar-refractivity contribution in [1.82, 2.24) is 10.3 Å². The van der Waals surface area contributed by atoms with E-state index in [1.165, 1.54) is 11.4 Å². The summed E-state index contributed by atoms with van der Waals surface area (Å²) in [6.45, 7) is 6.87. The van der Waals surface area contributed by atoms with Crippen molar-refractivity contribution in [2.75, 3.05) is 0 Å². The van der Waals surface area contributed by atoms with Crippen LogP contribution in [-0.2, 0) is 0 Å². The monoisotopic (exact) mass is 210 g/mol. The minimum absolute atomic E-state index is 0.412. The number of hydrogen-bond acceptors (Lipinski definition) is 3. The van der Waals surface area contributed by atoms with Gasteiger partial charge in [0.1, 0.15) is 5.01 Å². The minimum atomic E-state index is 0.412. The molecular formula is C11H18N2S. The van der Waals surface area contributed by atoms with Crippen molar-refractivity contribution in [1.29, 1.82) is 0 Å². The van der Waals surface area contributed by atoms with Crippen molar-refractivity contribution < 1.29 is 0 Å². The second-order valence-electron chi connectivity index (χ2n) is 4.44. The van der Waals surface area contributed by atoms with Gasteiger partial charge in [0.15, 0.2) is 0 Å². The third kappa shape index (κ3) is 1.84. The number of nitrogens with zero attached hydrogens (tertiary/aromatic N) is 1. The average Bonchev–Trinajstić information content (AvgIpc) is 2.69. The van der Waals surface area contributed by atoms with Gasteiger partial charge in [-0.1, -0.05) is 13.8 Å². The molecule has 1 aromatic heterocycles. The summed E-state index contributed by atoms with van der Waals surface area (Å²) in [5.41, 5.74) is 0. The van der Waals surface area contributed by atoms with E-state index >= 15 is 0 Å². The number of thiazole rings is 1. The predicted octanol–water partition coefficient (Wildman–Crippen LogP) is 2.84. The molecule has 1 N–H and O–H groups in total. The zero-order chi connectivity index (χ0) is 10.1. The molecule has 78 valence electrons.